The molecule has 2 rings (SSSR count). The molecule has 3 nitrogen and oxygen atoms in total. The first kappa shape index (κ1) is 12.5. The fourth-order valence-corrected chi connectivity index (χ4v) is 2.82. The molecule has 1 N–H and O–H groups in total. The Balaban J connectivity index is 2.03. The predicted octanol–water partition coefficient (Wildman–Crippen LogP) is 2.21. The van der Waals surface area contributed by atoms with Gasteiger partial charge in [-0.2, -0.15) is 0 Å². The van der Waals surface area contributed by atoms with Crippen LogP contribution in [0, 0.1) is 0 Å². The molecule has 3 atom stereocenters. The summed E-state index contributed by atoms with van der Waals surface area (Å²) in [5.74, 6) is 0. The van der Waals surface area contributed by atoms with E-state index in [4.69, 9.17) is 0 Å². The van der Waals surface area contributed by atoms with Gasteiger partial charge in [0.15, 0.2) is 0 Å². The van der Waals surface area contributed by atoms with Crippen molar-refractivity contribution in [2.75, 3.05) is 13.6 Å². The van der Waals surface area contributed by atoms with Crippen LogP contribution in [0.15, 0.2) is 24.4 Å². The summed E-state index contributed by atoms with van der Waals surface area (Å²) in [6, 6.07) is 7.90. The van der Waals surface area contributed by atoms with Crippen LogP contribution in [0.1, 0.15) is 38.4 Å². The molecule has 0 radical (unpaired) electrons. The molecule has 0 bridgehead atoms. The van der Waals surface area contributed by atoms with Crippen molar-refractivity contribution in [1.29, 1.82) is 0 Å². The molecule has 2 heterocycles. The van der Waals surface area contributed by atoms with Crippen LogP contribution in [0.3, 0.4) is 0 Å². The Hall–Kier alpha value is -0.930. The second-order valence-electron chi connectivity index (χ2n) is 5.03. The summed E-state index contributed by atoms with van der Waals surface area (Å²) in [7, 11) is 2.06. The highest BCUT2D eigenvalue weighted by atomic mass is 15.2. The minimum Gasteiger partial charge on any atom is -0.317 e. The van der Waals surface area contributed by atoms with E-state index in [9.17, 15) is 0 Å². The highest BCUT2D eigenvalue weighted by Gasteiger charge is 2.28. The second kappa shape index (κ2) is 5.61. The Labute approximate surface area is 104 Å². The van der Waals surface area contributed by atoms with E-state index in [0.29, 0.717) is 18.1 Å². The summed E-state index contributed by atoms with van der Waals surface area (Å²) >= 11 is 0. The zero-order chi connectivity index (χ0) is 12.3. The number of likely N-dealkylation sites (tertiary alicyclic amines) is 1. The van der Waals surface area contributed by atoms with E-state index in [1.165, 1.54) is 18.5 Å². The molecule has 3 unspecified atom stereocenters. The first-order valence-corrected chi connectivity index (χ1v) is 6.56. The molecule has 1 saturated heterocycles. The Morgan fingerprint density at radius 3 is 2.88 bits per heavy atom. The summed E-state index contributed by atoms with van der Waals surface area (Å²) in [5, 5.41) is 3.39. The first-order valence-electron chi connectivity index (χ1n) is 6.56. The largest absolute Gasteiger partial charge is 0.317 e. The maximum Gasteiger partial charge on any atom is 0.0572 e. The molecular weight excluding hydrogens is 210 g/mol. The number of nitrogens with zero attached hydrogens (tertiary/aromatic N) is 2. The van der Waals surface area contributed by atoms with Gasteiger partial charge < -0.3 is 5.32 Å². The molecular formula is C14H23N3. The number of hydrogen-bond donors (Lipinski definition) is 1. The number of pyridine rings is 1. The number of aromatic nitrogens is 1. The lowest BCUT2D eigenvalue weighted by Gasteiger charge is -2.41. The van der Waals surface area contributed by atoms with E-state index >= 15 is 0 Å². The summed E-state index contributed by atoms with van der Waals surface area (Å²) in [5.41, 5.74) is 1.18. The van der Waals surface area contributed by atoms with E-state index in [2.05, 4.69) is 48.2 Å². The molecule has 1 aliphatic rings. The van der Waals surface area contributed by atoms with Crippen molar-refractivity contribution in [1.82, 2.24) is 15.2 Å². The molecule has 17 heavy (non-hydrogen) atoms. The van der Waals surface area contributed by atoms with Crippen LogP contribution in [0.2, 0.25) is 0 Å². The Kier molecular flexibility index (Phi) is 4.13. The zero-order valence-corrected chi connectivity index (χ0v) is 11.1. The van der Waals surface area contributed by atoms with Gasteiger partial charge in [0, 0.05) is 30.9 Å². The summed E-state index contributed by atoms with van der Waals surface area (Å²) in [6.45, 7) is 5.74. The van der Waals surface area contributed by atoms with Crippen molar-refractivity contribution in [3.63, 3.8) is 0 Å². The number of hydrogen-bond acceptors (Lipinski definition) is 3. The van der Waals surface area contributed by atoms with Crippen LogP contribution >= 0.6 is 0 Å². The molecule has 3 heteroatoms. The van der Waals surface area contributed by atoms with Crippen molar-refractivity contribution < 1.29 is 0 Å². The Morgan fingerprint density at radius 1 is 1.47 bits per heavy atom. The van der Waals surface area contributed by atoms with Gasteiger partial charge >= 0.3 is 0 Å². The third kappa shape index (κ3) is 2.85. The number of nitrogens with one attached hydrogen (secondary N) is 1. The van der Waals surface area contributed by atoms with E-state index < -0.39 is 0 Å². The van der Waals surface area contributed by atoms with Gasteiger partial charge in [-0.3, -0.25) is 9.88 Å². The van der Waals surface area contributed by atoms with Crippen molar-refractivity contribution in [2.45, 2.75) is 44.8 Å². The van der Waals surface area contributed by atoms with Gasteiger partial charge in [0.1, 0.15) is 0 Å². The number of rotatable bonds is 3. The molecule has 1 fully saturated rings. The second-order valence-corrected chi connectivity index (χ2v) is 5.03. The highest BCUT2D eigenvalue weighted by molar-refractivity contribution is 5.08. The standard InChI is InChI=1S/C14H23N3/c1-11-10-13(15-3)7-9-17(11)12(2)14-6-4-5-8-16-14/h4-6,8,11-13,15H,7,9-10H2,1-3H3. The predicted molar refractivity (Wildman–Crippen MR) is 70.9 cm³/mol. The van der Waals surface area contributed by atoms with E-state index in [1.807, 2.05) is 12.3 Å². The molecule has 1 aromatic rings. The minimum atomic E-state index is 0.420. The van der Waals surface area contributed by atoms with Crippen LogP contribution in [0.5, 0.6) is 0 Å². The van der Waals surface area contributed by atoms with Crippen molar-refractivity contribution in [3.8, 4) is 0 Å². The lowest BCUT2D eigenvalue weighted by atomic mass is 9.96. The molecule has 0 saturated carbocycles. The van der Waals surface area contributed by atoms with Crippen molar-refractivity contribution >= 4 is 0 Å². The van der Waals surface area contributed by atoms with E-state index in [-0.39, 0.29) is 0 Å². The van der Waals surface area contributed by atoms with Gasteiger partial charge in [0.2, 0.25) is 0 Å². The van der Waals surface area contributed by atoms with Gasteiger partial charge in [-0.1, -0.05) is 6.07 Å². The molecule has 0 aromatic carbocycles. The molecule has 0 aliphatic carbocycles. The van der Waals surface area contributed by atoms with Gasteiger partial charge in [-0.05, 0) is 45.9 Å². The highest BCUT2D eigenvalue weighted by Crippen LogP contribution is 2.26. The Morgan fingerprint density at radius 2 is 2.29 bits per heavy atom. The van der Waals surface area contributed by atoms with E-state index in [1.54, 1.807) is 0 Å². The average molecular weight is 233 g/mol. The first-order chi connectivity index (χ1) is 8.22. The normalized spacial score (nSPS) is 27.9. The molecule has 0 amide bonds. The van der Waals surface area contributed by atoms with Gasteiger partial charge in [-0.15, -0.1) is 0 Å². The van der Waals surface area contributed by atoms with Crippen LogP contribution < -0.4 is 5.32 Å². The van der Waals surface area contributed by atoms with Crippen LogP contribution in [0.25, 0.3) is 0 Å². The Bertz CT molecular complexity index is 339. The topological polar surface area (TPSA) is 28.2 Å². The SMILES string of the molecule is CNC1CCN(C(C)c2ccccn2)C(C)C1. The summed E-state index contributed by atoms with van der Waals surface area (Å²) in [4.78, 5) is 7.04. The maximum atomic E-state index is 4.47. The maximum absolute atomic E-state index is 4.47. The van der Waals surface area contributed by atoms with Crippen molar-refractivity contribution in [2.24, 2.45) is 0 Å². The molecule has 1 aromatic heterocycles. The third-order valence-corrected chi connectivity index (χ3v) is 3.95. The summed E-state index contributed by atoms with van der Waals surface area (Å²) in [6.07, 6.45) is 4.35. The lowest BCUT2D eigenvalue weighted by molar-refractivity contribution is 0.0955. The van der Waals surface area contributed by atoms with E-state index in [0.717, 1.165) is 6.54 Å². The molecule has 0 spiro atoms. The monoisotopic (exact) mass is 233 g/mol. The zero-order valence-electron chi connectivity index (χ0n) is 11.1. The van der Waals surface area contributed by atoms with Crippen LogP contribution in [-0.4, -0.2) is 35.6 Å². The number of piperidine rings is 1. The van der Waals surface area contributed by atoms with Gasteiger partial charge in [-0.25, -0.2) is 0 Å². The van der Waals surface area contributed by atoms with Gasteiger partial charge in [0.05, 0.1) is 5.69 Å². The third-order valence-electron chi connectivity index (χ3n) is 3.95. The minimum absolute atomic E-state index is 0.420. The lowest BCUT2D eigenvalue weighted by Crippen LogP contribution is -2.47. The quantitative estimate of drug-likeness (QED) is 0.867. The molecule has 1 aliphatic heterocycles. The van der Waals surface area contributed by atoms with Crippen LogP contribution in [0.4, 0.5) is 0 Å². The average Bonchev–Trinajstić information content (AvgIpc) is 2.39. The van der Waals surface area contributed by atoms with Crippen molar-refractivity contribution in [3.05, 3.63) is 30.1 Å². The summed E-state index contributed by atoms with van der Waals surface area (Å²) < 4.78 is 0. The molecule has 94 valence electrons. The fraction of sp³-hybridized carbons (Fsp3) is 0.643. The van der Waals surface area contributed by atoms with Gasteiger partial charge in [0.25, 0.3) is 0 Å². The fourth-order valence-electron chi connectivity index (χ4n) is 2.82. The van der Waals surface area contributed by atoms with Crippen LogP contribution in [-0.2, 0) is 0 Å². The smallest absolute Gasteiger partial charge is 0.0572 e.